The molecule has 0 aromatic heterocycles. The number of imide groups is 2. The van der Waals surface area contributed by atoms with Gasteiger partial charge in [0, 0.05) is 52.4 Å². The second-order valence-electron chi connectivity index (χ2n) is 10.0. The van der Waals surface area contributed by atoms with Gasteiger partial charge in [-0.3, -0.25) is 29.0 Å². The van der Waals surface area contributed by atoms with Crippen LogP contribution in [0.3, 0.4) is 0 Å². The summed E-state index contributed by atoms with van der Waals surface area (Å²) in [5, 5.41) is 0. The lowest BCUT2D eigenvalue weighted by molar-refractivity contribution is -0.124. The highest BCUT2D eigenvalue weighted by Gasteiger charge is 2.45. The van der Waals surface area contributed by atoms with Crippen molar-refractivity contribution >= 4 is 35.0 Å². The number of hydrogen-bond donors (Lipinski definition) is 0. The van der Waals surface area contributed by atoms with Gasteiger partial charge in [-0.05, 0) is 37.4 Å². The minimum Gasteiger partial charge on any atom is -0.301 e. The van der Waals surface area contributed by atoms with Gasteiger partial charge in [0.2, 0.25) is 11.8 Å². The molecule has 4 saturated heterocycles. The Labute approximate surface area is 212 Å². The summed E-state index contributed by atoms with van der Waals surface area (Å²) in [7, 11) is 0. The number of piperazine rings is 2. The van der Waals surface area contributed by atoms with Crippen LogP contribution in [0.4, 0.5) is 11.4 Å². The molecule has 4 fully saturated rings. The zero-order chi connectivity index (χ0) is 25.4. The Bertz CT molecular complexity index is 933. The van der Waals surface area contributed by atoms with E-state index in [9.17, 15) is 19.2 Å². The van der Waals surface area contributed by atoms with Crippen molar-refractivity contribution in [3.05, 3.63) is 24.3 Å². The van der Waals surface area contributed by atoms with Crippen molar-refractivity contribution < 1.29 is 19.2 Å². The van der Waals surface area contributed by atoms with Crippen LogP contribution in [-0.2, 0) is 19.2 Å². The van der Waals surface area contributed by atoms with E-state index in [1.165, 1.54) is 9.80 Å². The van der Waals surface area contributed by atoms with Crippen LogP contribution in [0.5, 0.6) is 0 Å². The van der Waals surface area contributed by atoms with Gasteiger partial charge < -0.3 is 9.80 Å². The molecule has 5 rings (SSSR count). The van der Waals surface area contributed by atoms with Crippen LogP contribution in [0.15, 0.2) is 24.3 Å². The van der Waals surface area contributed by atoms with E-state index in [1.54, 1.807) is 24.3 Å². The molecule has 10 heteroatoms. The summed E-state index contributed by atoms with van der Waals surface area (Å²) >= 11 is 0. The zero-order valence-electron chi connectivity index (χ0n) is 21.3. The van der Waals surface area contributed by atoms with Gasteiger partial charge in [0.05, 0.1) is 36.3 Å². The van der Waals surface area contributed by atoms with Crippen LogP contribution in [0, 0.1) is 0 Å². The SMILES string of the molecule is CCN1CCN(C2CC(=O)N(c3ccc(N4C(=O)CC(N5CCN(CC)CC5)C4=O)cc3)C2=O)CC1. The number of carbonyl (C=O) groups excluding carboxylic acids is 4. The van der Waals surface area contributed by atoms with Crippen molar-refractivity contribution in [2.24, 2.45) is 0 Å². The Kier molecular flexibility index (Phi) is 7.21. The minimum absolute atomic E-state index is 0.183. The molecule has 194 valence electrons. The highest BCUT2D eigenvalue weighted by Crippen LogP contribution is 2.31. The van der Waals surface area contributed by atoms with E-state index in [0.29, 0.717) is 11.4 Å². The fourth-order valence-corrected chi connectivity index (χ4v) is 5.88. The third-order valence-corrected chi connectivity index (χ3v) is 8.20. The molecule has 36 heavy (non-hydrogen) atoms. The smallest absolute Gasteiger partial charge is 0.251 e. The van der Waals surface area contributed by atoms with E-state index < -0.39 is 12.1 Å². The fraction of sp³-hybridized carbons (Fsp3) is 0.615. The molecule has 0 bridgehead atoms. The van der Waals surface area contributed by atoms with Crippen LogP contribution in [0.25, 0.3) is 0 Å². The number of carbonyl (C=O) groups is 4. The Morgan fingerprint density at radius 1 is 0.583 bits per heavy atom. The summed E-state index contributed by atoms with van der Waals surface area (Å²) in [6, 6.07) is 5.80. The third-order valence-electron chi connectivity index (χ3n) is 8.20. The first kappa shape index (κ1) is 25.0. The molecule has 1 aromatic carbocycles. The lowest BCUT2D eigenvalue weighted by Crippen LogP contribution is -2.52. The summed E-state index contributed by atoms with van der Waals surface area (Å²) in [5.74, 6) is -0.819. The molecule has 2 unspecified atom stereocenters. The Morgan fingerprint density at radius 2 is 0.917 bits per heavy atom. The number of amides is 4. The summed E-state index contributed by atoms with van der Waals surface area (Å²) in [4.78, 5) is 63.4. The van der Waals surface area contributed by atoms with Gasteiger partial charge >= 0.3 is 0 Å². The number of anilines is 2. The van der Waals surface area contributed by atoms with Crippen LogP contribution in [0.2, 0.25) is 0 Å². The lowest BCUT2D eigenvalue weighted by Gasteiger charge is -2.36. The van der Waals surface area contributed by atoms with Crippen LogP contribution in [-0.4, -0.2) is 121 Å². The minimum atomic E-state index is -0.424. The van der Waals surface area contributed by atoms with Gasteiger partial charge in [-0.25, -0.2) is 9.80 Å². The standard InChI is InChI=1S/C26H36N6O4/c1-3-27-9-13-29(14-10-27)21-17-23(33)31(25(21)35)19-5-7-20(8-6-19)32-24(34)18-22(26(32)36)30-15-11-28(4-2)12-16-30/h5-8,21-22H,3-4,9-18H2,1-2H3. The summed E-state index contributed by atoms with van der Waals surface area (Å²) in [6.45, 7) is 12.9. The summed E-state index contributed by atoms with van der Waals surface area (Å²) in [5.41, 5.74) is 0.963. The monoisotopic (exact) mass is 496 g/mol. The average molecular weight is 497 g/mol. The predicted molar refractivity (Wildman–Crippen MR) is 136 cm³/mol. The number of rotatable bonds is 6. The highest BCUT2D eigenvalue weighted by atomic mass is 16.2. The van der Waals surface area contributed by atoms with E-state index in [-0.39, 0.29) is 36.5 Å². The van der Waals surface area contributed by atoms with Gasteiger partial charge in [-0.15, -0.1) is 0 Å². The Morgan fingerprint density at radius 3 is 1.22 bits per heavy atom. The number of nitrogens with zero attached hydrogens (tertiary/aromatic N) is 6. The van der Waals surface area contributed by atoms with Gasteiger partial charge in [0.15, 0.2) is 0 Å². The maximum atomic E-state index is 13.2. The molecular formula is C26H36N6O4. The highest BCUT2D eigenvalue weighted by molar-refractivity contribution is 6.24. The zero-order valence-corrected chi connectivity index (χ0v) is 21.3. The topological polar surface area (TPSA) is 87.7 Å². The lowest BCUT2D eigenvalue weighted by atomic mass is 10.1. The molecule has 2 atom stereocenters. The van der Waals surface area contributed by atoms with Crippen LogP contribution in [0.1, 0.15) is 26.7 Å². The number of benzene rings is 1. The largest absolute Gasteiger partial charge is 0.301 e. The molecule has 1 aromatic rings. The van der Waals surface area contributed by atoms with Gasteiger partial charge in [0.1, 0.15) is 0 Å². The molecule has 0 N–H and O–H groups in total. The Balaban J connectivity index is 1.25. The molecule has 0 spiro atoms. The van der Waals surface area contributed by atoms with E-state index in [0.717, 1.165) is 65.4 Å². The molecule has 0 aliphatic carbocycles. The third kappa shape index (κ3) is 4.58. The maximum absolute atomic E-state index is 13.2. The van der Waals surface area contributed by atoms with Crippen LogP contribution >= 0.6 is 0 Å². The van der Waals surface area contributed by atoms with Crippen molar-refractivity contribution in [3.63, 3.8) is 0 Å². The molecule has 0 saturated carbocycles. The van der Waals surface area contributed by atoms with Gasteiger partial charge in [-0.1, -0.05) is 13.8 Å². The molecule has 4 aliphatic rings. The first-order chi connectivity index (χ1) is 17.4. The van der Waals surface area contributed by atoms with E-state index in [4.69, 9.17) is 0 Å². The van der Waals surface area contributed by atoms with Crippen molar-refractivity contribution in [2.75, 3.05) is 75.2 Å². The quantitative estimate of drug-likeness (QED) is 0.517. The average Bonchev–Trinajstić information content (AvgIpc) is 3.38. The Hall–Kier alpha value is -2.66. The van der Waals surface area contributed by atoms with Crippen molar-refractivity contribution in [3.8, 4) is 0 Å². The van der Waals surface area contributed by atoms with Crippen molar-refractivity contribution in [1.29, 1.82) is 0 Å². The maximum Gasteiger partial charge on any atom is 0.251 e. The molecular weight excluding hydrogens is 460 g/mol. The fourth-order valence-electron chi connectivity index (χ4n) is 5.88. The molecule has 10 nitrogen and oxygen atoms in total. The van der Waals surface area contributed by atoms with E-state index in [1.807, 2.05) is 0 Å². The normalized spacial score (nSPS) is 27.6. The second-order valence-corrected chi connectivity index (χ2v) is 10.0. The number of hydrogen-bond acceptors (Lipinski definition) is 8. The first-order valence-corrected chi connectivity index (χ1v) is 13.2. The van der Waals surface area contributed by atoms with Crippen molar-refractivity contribution in [2.45, 2.75) is 38.8 Å². The molecule has 4 aliphatic heterocycles. The second kappa shape index (κ2) is 10.4. The van der Waals surface area contributed by atoms with E-state index in [2.05, 4.69) is 33.4 Å². The number of likely N-dealkylation sites (N-methyl/N-ethyl adjacent to an activating group) is 2. The van der Waals surface area contributed by atoms with Gasteiger partial charge in [0.25, 0.3) is 11.8 Å². The van der Waals surface area contributed by atoms with Gasteiger partial charge in [-0.2, -0.15) is 0 Å². The molecule has 0 radical (unpaired) electrons. The molecule has 4 amide bonds. The van der Waals surface area contributed by atoms with E-state index >= 15 is 0 Å². The first-order valence-electron chi connectivity index (χ1n) is 13.2. The predicted octanol–water partition coefficient (Wildman–Crippen LogP) is 0.225. The summed E-state index contributed by atoms with van der Waals surface area (Å²) in [6.07, 6.45) is 0.367. The van der Waals surface area contributed by atoms with Crippen molar-refractivity contribution in [1.82, 2.24) is 19.6 Å². The molecule has 4 heterocycles. The van der Waals surface area contributed by atoms with Crippen LogP contribution < -0.4 is 9.80 Å². The summed E-state index contributed by atoms with van der Waals surface area (Å²) < 4.78 is 0.